The Balaban J connectivity index is 2.06. The van der Waals surface area contributed by atoms with Gasteiger partial charge in [0.25, 0.3) is 0 Å². The van der Waals surface area contributed by atoms with Crippen LogP contribution in [0.3, 0.4) is 0 Å². The third-order valence-corrected chi connectivity index (χ3v) is 4.37. The second kappa shape index (κ2) is 8.67. The highest BCUT2D eigenvalue weighted by atomic mass is 16.5. The molecule has 1 unspecified atom stereocenters. The van der Waals surface area contributed by atoms with Gasteiger partial charge < -0.3 is 14.7 Å². The number of benzene rings is 2. The molecule has 0 saturated carbocycles. The maximum absolute atomic E-state index is 11.0. The van der Waals surface area contributed by atoms with Crippen LogP contribution in [0.5, 0.6) is 5.75 Å². The summed E-state index contributed by atoms with van der Waals surface area (Å²) in [5, 5.41) is 11.0. The van der Waals surface area contributed by atoms with E-state index in [2.05, 4.69) is 25.3 Å². The van der Waals surface area contributed by atoms with Crippen LogP contribution < -0.4 is 4.74 Å². The number of aliphatic hydroxyl groups is 1. The lowest BCUT2D eigenvalue weighted by molar-refractivity contribution is 0.135. The summed E-state index contributed by atoms with van der Waals surface area (Å²) in [6.45, 7) is 11.7. The lowest BCUT2D eigenvalue weighted by Gasteiger charge is -2.25. The van der Waals surface area contributed by atoms with E-state index in [1.54, 1.807) is 6.08 Å². The monoisotopic (exact) mass is 325 g/mol. The van der Waals surface area contributed by atoms with E-state index in [-0.39, 0.29) is 0 Å². The summed E-state index contributed by atoms with van der Waals surface area (Å²) in [7, 11) is 0. The third-order valence-electron chi connectivity index (χ3n) is 4.37. The lowest BCUT2D eigenvalue weighted by atomic mass is 9.86. The van der Waals surface area contributed by atoms with E-state index in [0.717, 1.165) is 36.5 Å². The van der Waals surface area contributed by atoms with Gasteiger partial charge in [0.15, 0.2) is 0 Å². The molecule has 0 heterocycles. The Labute approximate surface area is 145 Å². The second-order valence-electron chi connectivity index (χ2n) is 5.74. The van der Waals surface area contributed by atoms with E-state index in [1.807, 2.05) is 54.6 Å². The van der Waals surface area contributed by atoms with Gasteiger partial charge in [-0.05, 0) is 36.3 Å². The minimum absolute atomic E-state index is 0.658. The van der Waals surface area contributed by atoms with E-state index in [4.69, 9.17) is 4.74 Å². The SMILES string of the molecule is C=CC(O)(c1ccccc1)c1ccc(OCCN(CC)CC)cc1. The van der Waals surface area contributed by atoms with Crippen molar-refractivity contribution in [2.75, 3.05) is 26.2 Å². The number of likely N-dealkylation sites (N-methyl/N-ethyl adjacent to an activating group) is 1. The molecule has 0 bridgehead atoms. The summed E-state index contributed by atoms with van der Waals surface area (Å²) >= 11 is 0. The van der Waals surface area contributed by atoms with Gasteiger partial charge in [-0.25, -0.2) is 0 Å². The molecule has 0 radical (unpaired) electrons. The molecule has 2 aromatic rings. The molecule has 2 aromatic carbocycles. The third kappa shape index (κ3) is 4.25. The molecule has 0 aliphatic rings. The summed E-state index contributed by atoms with van der Waals surface area (Å²) in [6, 6.07) is 17.1. The maximum atomic E-state index is 11.0. The Kier molecular flexibility index (Phi) is 6.59. The van der Waals surface area contributed by atoms with Crippen molar-refractivity contribution < 1.29 is 9.84 Å². The van der Waals surface area contributed by atoms with Gasteiger partial charge in [-0.3, -0.25) is 0 Å². The molecule has 0 fully saturated rings. The number of ether oxygens (including phenoxy) is 1. The highest BCUT2D eigenvalue weighted by molar-refractivity contribution is 5.42. The molecular weight excluding hydrogens is 298 g/mol. The Morgan fingerprint density at radius 1 is 1.00 bits per heavy atom. The molecule has 1 atom stereocenters. The van der Waals surface area contributed by atoms with Crippen LogP contribution in [0.1, 0.15) is 25.0 Å². The predicted octanol–water partition coefficient (Wildman–Crippen LogP) is 3.83. The quantitative estimate of drug-likeness (QED) is 0.711. The van der Waals surface area contributed by atoms with Crippen LogP contribution in [0.15, 0.2) is 67.3 Å². The topological polar surface area (TPSA) is 32.7 Å². The van der Waals surface area contributed by atoms with E-state index >= 15 is 0 Å². The van der Waals surface area contributed by atoms with Gasteiger partial charge in [-0.2, -0.15) is 0 Å². The molecule has 128 valence electrons. The van der Waals surface area contributed by atoms with Gasteiger partial charge in [-0.15, -0.1) is 0 Å². The van der Waals surface area contributed by atoms with Crippen LogP contribution in [0.4, 0.5) is 0 Å². The molecule has 24 heavy (non-hydrogen) atoms. The Morgan fingerprint density at radius 3 is 2.12 bits per heavy atom. The fourth-order valence-corrected chi connectivity index (χ4v) is 2.73. The zero-order chi connectivity index (χ0) is 17.4. The van der Waals surface area contributed by atoms with Crippen LogP contribution in [0.2, 0.25) is 0 Å². The first-order chi connectivity index (χ1) is 11.6. The Hall–Kier alpha value is -2.10. The van der Waals surface area contributed by atoms with Gasteiger partial charge in [0.1, 0.15) is 18.0 Å². The lowest BCUT2D eigenvalue weighted by Crippen LogP contribution is -2.28. The summed E-state index contributed by atoms with van der Waals surface area (Å²) in [5.74, 6) is 0.811. The van der Waals surface area contributed by atoms with Gasteiger partial charge in [0.2, 0.25) is 0 Å². The van der Waals surface area contributed by atoms with Crippen LogP contribution in [0, 0.1) is 0 Å². The van der Waals surface area contributed by atoms with E-state index in [1.165, 1.54) is 0 Å². The predicted molar refractivity (Wildman–Crippen MR) is 99.4 cm³/mol. The van der Waals surface area contributed by atoms with Crippen molar-refractivity contribution in [3.63, 3.8) is 0 Å². The van der Waals surface area contributed by atoms with Gasteiger partial charge in [0.05, 0.1) is 0 Å². The molecule has 0 saturated heterocycles. The van der Waals surface area contributed by atoms with Gasteiger partial charge >= 0.3 is 0 Å². The van der Waals surface area contributed by atoms with E-state index < -0.39 is 5.60 Å². The molecule has 0 aromatic heterocycles. The normalized spacial score (nSPS) is 13.5. The molecule has 0 spiro atoms. The Bertz CT molecular complexity index is 620. The number of hydrogen-bond donors (Lipinski definition) is 1. The largest absolute Gasteiger partial charge is 0.492 e. The van der Waals surface area contributed by atoms with Crippen molar-refractivity contribution in [2.24, 2.45) is 0 Å². The molecule has 0 aliphatic carbocycles. The second-order valence-corrected chi connectivity index (χ2v) is 5.74. The zero-order valence-corrected chi connectivity index (χ0v) is 14.6. The molecule has 3 nitrogen and oxygen atoms in total. The minimum atomic E-state index is -1.19. The highest BCUT2D eigenvalue weighted by Crippen LogP contribution is 2.31. The summed E-state index contributed by atoms with van der Waals surface area (Å²) in [4.78, 5) is 2.32. The van der Waals surface area contributed by atoms with Gasteiger partial charge in [0, 0.05) is 6.54 Å². The van der Waals surface area contributed by atoms with E-state index in [9.17, 15) is 5.11 Å². The summed E-state index contributed by atoms with van der Waals surface area (Å²) in [6.07, 6.45) is 1.57. The van der Waals surface area contributed by atoms with Crippen molar-refractivity contribution >= 4 is 0 Å². The van der Waals surface area contributed by atoms with E-state index in [0.29, 0.717) is 6.61 Å². The van der Waals surface area contributed by atoms with Crippen molar-refractivity contribution in [1.82, 2.24) is 4.90 Å². The number of hydrogen-bond acceptors (Lipinski definition) is 3. The Morgan fingerprint density at radius 2 is 1.58 bits per heavy atom. The van der Waals surface area contributed by atoms with Crippen molar-refractivity contribution in [3.8, 4) is 5.75 Å². The highest BCUT2D eigenvalue weighted by Gasteiger charge is 2.27. The number of rotatable bonds is 9. The van der Waals surface area contributed by atoms with Crippen LogP contribution in [-0.2, 0) is 5.60 Å². The first-order valence-corrected chi connectivity index (χ1v) is 8.51. The van der Waals surface area contributed by atoms with Crippen LogP contribution >= 0.6 is 0 Å². The maximum Gasteiger partial charge on any atom is 0.133 e. The summed E-state index contributed by atoms with van der Waals surface area (Å²) < 4.78 is 5.80. The molecular formula is C21H27NO2. The first-order valence-electron chi connectivity index (χ1n) is 8.51. The molecule has 0 amide bonds. The molecule has 3 heteroatoms. The summed E-state index contributed by atoms with van der Waals surface area (Å²) in [5.41, 5.74) is 0.385. The fourth-order valence-electron chi connectivity index (χ4n) is 2.73. The van der Waals surface area contributed by atoms with Crippen molar-refractivity contribution in [3.05, 3.63) is 78.4 Å². The van der Waals surface area contributed by atoms with Crippen molar-refractivity contribution in [2.45, 2.75) is 19.4 Å². The van der Waals surface area contributed by atoms with Crippen LogP contribution in [0.25, 0.3) is 0 Å². The molecule has 1 N–H and O–H groups in total. The van der Waals surface area contributed by atoms with Crippen LogP contribution in [-0.4, -0.2) is 36.2 Å². The van der Waals surface area contributed by atoms with Gasteiger partial charge in [-0.1, -0.05) is 69.0 Å². The smallest absolute Gasteiger partial charge is 0.133 e. The molecule has 2 rings (SSSR count). The standard InChI is InChI=1S/C21H27NO2/c1-4-21(23,18-10-8-7-9-11-18)19-12-14-20(15-13-19)24-17-16-22(5-2)6-3/h4,7-15,23H,1,5-6,16-17H2,2-3H3. The first kappa shape index (κ1) is 18.2. The molecule has 0 aliphatic heterocycles. The average molecular weight is 325 g/mol. The number of nitrogens with zero attached hydrogens (tertiary/aromatic N) is 1. The van der Waals surface area contributed by atoms with Crippen molar-refractivity contribution in [1.29, 1.82) is 0 Å². The minimum Gasteiger partial charge on any atom is -0.492 e. The fraction of sp³-hybridized carbons (Fsp3) is 0.333. The average Bonchev–Trinajstić information content (AvgIpc) is 2.66. The zero-order valence-electron chi connectivity index (χ0n) is 14.6.